The van der Waals surface area contributed by atoms with Crippen LogP contribution in [0.2, 0.25) is 18.1 Å². The maximum Gasteiger partial charge on any atom is 0.418 e. The van der Waals surface area contributed by atoms with E-state index < -0.39 is 42.7 Å². The molecule has 2 bridgehead atoms. The largest absolute Gasteiger partial charge is 0.542 e. The fourth-order valence-corrected chi connectivity index (χ4v) is 4.83. The van der Waals surface area contributed by atoms with Gasteiger partial charge in [-0.1, -0.05) is 32.9 Å². The van der Waals surface area contributed by atoms with Crippen LogP contribution >= 0.6 is 0 Å². The van der Waals surface area contributed by atoms with E-state index >= 15 is 0 Å². The molecule has 2 aliphatic heterocycles. The smallest absolute Gasteiger partial charge is 0.418 e. The molecule has 10 nitrogen and oxygen atoms in total. The number of hydrogen-bond donors (Lipinski definition) is 2. The molecule has 2 fully saturated rings. The van der Waals surface area contributed by atoms with Crippen LogP contribution in [0.4, 0.5) is 10.5 Å². The number of anilines is 1. The molecule has 1 aromatic rings. The Bertz CT molecular complexity index is 977. The van der Waals surface area contributed by atoms with Crippen molar-refractivity contribution in [3.63, 3.8) is 0 Å². The highest BCUT2D eigenvalue weighted by molar-refractivity contribution is 7.80. The van der Waals surface area contributed by atoms with Gasteiger partial charge < -0.3 is 14.6 Å². The third-order valence-electron chi connectivity index (χ3n) is 6.12. The van der Waals surface area contributed by atoms with Gasteiger partial charge in [-0.15, -0.1) is 4.28 Å². The first-order valence-corrected chi connectivity index (χ1v) is 14.3. The van der Waals surface area contributed by atoms with Crippen molar-refractivity contribution >= 4 is 36.3 Å². The van der Waals surface area contributed by atoms with E-state index in [1.54, 1.807) is 18.2 Å². The third-order valence-corrected chi connectivity index (χ3v) is 10.8. The highest BCUT2D eigenvalue weighted by Crippen LogP contribution is 2.39. The zero-order valence-electron chi connectivity index (χ0n) is 18.3. The van der Waals surface area contributed by atoms with Crippen LogP contribution in [0.3, 0.4) is 0 Å². The maximum absolute atomic E-state index is 13.0. The number of piperidine rings is 1. The Morgan fingerprint density at radius 3 is 2.48 bits per heavy atom. The molecule has 0 radical (unpaired) electrons. The molecule has 12 heteroatoms. The van der Waals surface area contributed by atoms with Crippen LogP contribution in [0.5, 0.6) is 5.75 Å². The summed E-state index contributed by atoms with van der Waals surface area (Å²) in [5.74, 6) is 0.173. The molecule has 31 heavy (non-hydrogen) atoms. The van der Waals surface area contributed by atoms with Crippen LogP contribution in [-0.2, 0) is 19.5 Å². The monoisotopic (exact) mass is 471 g/mol. The van der Waals surface area contributed by atoms with Crippen LogP contribution in [0.25, 0.3) is 0 Å². The minimum atomic E-state index is -4.84. The van der Waals surface area contributed by atoms with Gasteiger partial charge in [-0.3, -0.25) is 9.35 Å². The lowest BCUT2D eigenvalue weighted by molar-refractivity contribution is -0.120. The fraction of sp³-hybridized carbons (Fsp3) is 0.579. The molecule has 0 aromatic heterocycles. The van der Waals surface area contributed by atoms with Crippen molar-refractivity contribution in [3.05, 3.63) is 24.3 Å². The van der Waals surface area contributed by atoms with Crippen molar-refractivity contribution < 1.29 is 31.3 Å². The number of urea groups is 1. The predicted octanol–water partition coefficient (Wildman–Crippen LogP) is 3.01. The SMILES string of the molecule is CC(C)(C)[Si](C)(C)Oc1ccccc1NC(=O)[C@@H]1CC[C@@H]2CN1C(=O)N2OS(=O)(=O)O. The minimum absolute atomic E-state index is 0.0268. The normalized spacial score (nSPS) is 21.9. The Labute approximate surface area is 183 Å². The highest BCUT2D eigenvalue weighted by Gasteiger charge is 2.49. The minimum Gasteiger partial charge on any atom is -0.542 e. The van der Waals surface area contributed by atoms with E-state index in [9.17, 15) is 18.0 Å². The van der Waals surface area contributed by atoms with E-state index in [0.29, 0.717) is 29.3 Å². The van der Waals surface area contributed by atoms with Crippen LogP contribution in [0.1, 0.15) is 33.6 Å². The van der Waals surface area contributed by atoms with E-state index in [0.717, 1.165) is 0 Å². The van der Waals surface area contributed by atoms with Gasteiger partial charge >= 0.3 is 16.4 Å². The molecule has 1 aromatic carbocycles. The second-order valence-corrected chi connectivity index (χ2v) is 15.1. The van der Waals surface area contributed by atoms with Crippen molar-refractivity contribution in [1.82, 2.24) is 9.96 Å². The molecule has 2 saturated heterocycles. The van der Waals surface area contributed by atoms with Crippen molar-refractivity contribution in [1.29, 1.82) is 0 Å². The van der Waals surface area contributed by atoms with Gasteiger partial charge in [0.2, 0.25) is 5.91 Å². The summed E-state index contributed by atoms with van der Waals surface area (Å²) in [6, 6.07) is 5.05. The Kier molecular flexibility index (Phi) is 6.13. The average molecular weight is 472 g/mol. The lowest BCUT2D eigenvalue weighted by Crippen LogP contribution is -2.47. The standard InChI is InChI=1S/C19H29N3O7SSi/c1-19(2,3)31(4,5)28-16-9-7-6-8-14(16)20-17(23)15-11-10-13-12-21(15)18(24)22(13)29-30(25,26)27/h6-9,13,15H,10-12H2,1-5H3,(H,20,23)(H,25,26,27)/t13-,15+/m1/s1. The number of amides is 3. The Morgan fingerprint density at radius 2 is 1.87 bits per heavy atom. The van der Waals surface area contributed by atoms with Crippen LogP contribution in [-0.4, -0.2) is 61.8 Å². The van der Waals surface area contributed by atoms with Crippen molar-refractivity contribution in [2.45, 2.75) is 63.8 Å². The zero-order chi connectivity index (χ0) is 23.2. The van der Waals surface area contributed by atoms with E-state index in [1.165, 1.54) is 4.90 Å². The average Bonchev–Trinajstić information content (AvgIpc) is 2.85. The molecule has 2 atom stereocenters. The molecular weight excluding hydrogens is 442 g/mol. The molecule has 2 N–H and O–H groups in total. The van der Waals surface area contributed by atoms with Crippen molar-refractivity contribution in [3.8, 4) is 5.75 Å². The van der Waals surface area contributed by atoms with E-state index in [1.807, 2.05) is 6.07 Å². The first-order chi connectivity index (χ1) is 14.2. The molecule has 2 aliphatic rings. The van der Waals surface area contributed by atoms with Crippen molar-refractivity contribution in [2.24, 2.45) is 0 Å². The summed E-state index contributed by atoms with van der Waals surface area (Å²) in [4.78, 5) is 26.8. The van der Waals surface area contributed by atoms with Gasteiger partial charge in [-0.2, -0.15) is 13.5 Å². The van der Waals surface area contributed by atoms with Crippen LogP contribution < -0.4 is 9.74 Å². The number of carbonyl (C=O) groups excluding carboxylic acids is 2. The fourth-order valence-electron chi connectivity index (χ4n) is 3.41. The predicted molar refractivity (Wildman–Crippen MR) is 116 cm³/mol. The lowest BCUT2D eigenvalue weighted by atomic mass is 10.0. The lowest BCUT2D eigenvalue weighted by Gasteiger charge is -2.37. The molecule has 0 unspecified atom stereocenters. The molecule has 3 rings (SSSR count). The summed E-state index contributed by atoms with van der Waals surface area (Å²) < 4.78 is 41.7. The first-order valence-electron chi connectivity index (χ1n) is 10.1. The molecule has 0 aliphatic carbocycles. The summed E-state index contributed by atoms with van der Waals surface area (Å²) >= 11 is 0. The van der Waals surface area contributed by atoms with E-state index in [-0.39, 0.29) is 11.6 Å². The van der Waals surface area contributed by atoms with Crippen molar-refractivity contribution in [2.75, 3.05) is 11.9 Å². The number of fused-ring (bicyclic) bond motifs is 2. The summed E-state index contributed by atoms with van der Waals surface area (Å²) in [5, 5.41) is 3.45. The molecule has 0 saturated carbocycles. The van der Waals surface area contributed by atoms with Gasteiger partial charge in [-0.05, 0) is 43.1 Å². The van der Waals surface area contributed by atoms with E-state index in [2.05, 4.69) is 43.5 Å². The second kappa shape index (κ2) is 8.08. The molecule has 2 heterocycles. The number of benzene rings is 1. The number of carbonyl (C=O) groups is 2. The number of nitrogens with zero attached hydrogens (tertiary/aromatic N) is 2. The third kappa shape index (κ3) is 5.02. The molecular formula is C19H29N3O7SSi. The summed E-state index contributed by atoms with van der Waals surface area (Å²) in [5.41, 5.74) is 0.511. The van der Waals surface area contributed by atoms with Gasteiger partial charge in [0.25, 0.3) is 8.32 Å². The highest BCUT2D eigenvalue weighted by atomic mass is 32.3. The summed E-state index contributed by atoms with van der Waals surface area (Å²) in [6.07, 6.45) is 0.691. The first kappa shape index (κ1) is 23.5. The van der Waals surface area contributed by atoms with Gasteiger partial charge in [-0.25, -0.2) is 4.79 Å². The molecule has 172 valence electrons. The number of hydroxylamine groups is 2. The van der Waals surface area contributed by atoms with Gasteiger partial charge in [0, 0.05) is 6.54 Å². The van der Waals surface area contributed by atoms with E-state index in [4.69, 9.17) is 8.98 Å². The topological polar surface area (TPSA) is 125 Å². The Balaban J connectivity index is 1.76. The molecule has 0 spiro atoms. The Morgan fingerprint density at radius 1 is 1.23 bits per heavy atom. The summed E-state index contributed by atoms with van der Waals surface area (Å²) in [7, 11) is -6.98. The number of hydrogen-bond acceptors (Lipinski definition) is 6. The number of nitrogens with one attached hydrogen (secondary N) is 1. The number of para-hydroxylation sites is 2. The van der Waals surface area contributed by atoms with Gasteiger partial charge in [0.15, 0.2) is 0 Å². The maximum atomic E-state index is 13.0. The molecule has 3 amide bonds. The zero-order valence-corrected chi connectivity index (χ0v) is 20.1. The van der Waals surface area contributed by atoms with Gasteiger partial charge in [0.1, 0.15) is 11.8 Å². The quantitative estimate of drug-likeness (QED) is 0.482. The number of rotatable bonds is 6. The summed E-state index contributed by atoms with van der Waals surface area (Å²) in [6.45, 7) is 10.7. The van der Waals surface area contributed by atoms with Gasteiger partial charge in [0.05, 0.1) is 11.7 Å². The van der Waals surface area contributed by atoms with Crippen LogP contribution in [0.15, 0.2) is 24.3 Å². The second-order valence-electron chi connectivity index (χ2n) is 9.36. The van der Waals surface area contributed by atoms with Crippen LogP contribution in [0, 0.1) is 0 Å². The Hall–Kier alpha value is -2.15.